The molecule has 0 heterocycles. The van der Waals surface area contributed by atoms with Crippen molar-refractivity contribution in [1.82, 2.24) is 10.6 Å². The van der Waals surface area contributed by atoms with Crippen LogP contribution in [0, 0.1) is 5.92 Å². The molecule has 2 amide bonds. The zero-order valence-electron chi connectivity index (χ0n) is 11.9. The summed E-state index contributed by atoms with van der Waals surface area (Å²) in [7, 11) is 0. The fourth-order valence-corrected chi connectivity index (χ4v) is 1.69. The minimum Gasteiger partial charge on any atom is -0.396 e. The fourth-order valence-electron chi connectivity index (χ4n) is 1.69. The van der Waals surface area contributed by atoms with Crippen molar-refractivity contribution in [3.63, 3.8) is 0 Å². The molecule has 0 aliphatic carbocycles. The van der Waals surface area contributed by atoms with Gasteiger partial charge in [-0.3, -0.25) is 9.59 Å². The maximum atomic E-state index is 11.9. The van der Waals surface area contributed by atoms with Gasteiger partial charge in [0.2, 0.25) is 5.91 Å². The minimum atomic E-state index is -0.593. The number of hydrogen-bond donors (Lipinski definition) is 3. The van der Waals surface area contributed by atoms with Crippen LogP contribution in [0.2, 0.25) is 0 Å². The highest BCUT2D eigenvalue weighted by Gasteiger charge is 2.16. The molecule has 1 rings (SSSR count). The van der Waals surface area contributed by atoms with Gasteiger partial charge in [-0.15, -0.1) is 0 Å². The Morgan fingerprint density at radius 1 is 1.20 bits per heavy atom. The summed E-state index contributed by atoms with van der Waals surface area (Å²) >= 11 is 0. The van der Waals surface area contributed by atoms with Gasteiger partial charge in [0.1, 0.15) is 6.04 Å². The molecule has 5 nitrogen and oxygen atoms in total. The monoisotopic (exact) mass is 278 g/mol. The highest BCUT2D eigenvalue weighted by Crippen LogP contribution is 2.00. The molecule has 110 valence electrons. The van der Waals surface area contributed by atoms with Crippen molar-refractivity contribution in [2.24, 2.45) is 5.92 Å². The van der Waals surface area contributed by atoms with E-state index in [-0.39, 0.29) is 24.3 Å². The normalized spacial score (nSPS) is 13.3. The quantitative estimate of drug-likeness (QED) is 0.694. The molecule has 2 unspecified atom stereocenters. The second kappa shape index (κ2) is 8.32. The van der Waals surface area contributed by atoms with Crippen LogP contribution in [-0.2, 0) is 4.79 Å². The number of benzene rings is 1. The Bertz CT molecular complexity index is 434. The highest BCUT2D eigenvalue weighted by atomic mass is 16.3. The Hall–Kier alpha value is -1.88. The molecule has 1 aromatic carbocycles. The van der Waals surface area contributed by atoms with Gasteiger partial charge in [0.05, 0.1) is 0 Å². The van der Waals surface area contributed by atoms with E-state index < -0.39 is 6.04 Å². The average Bonchev–Trinajstić information content (AvgIpc) is 2.45. The van der Waals surface area contributed by atoms with E-state index in [1.165, 1.54) is 0 Å². The predicted molar refractivity (Wildman–Crippen MR) is 77.2 cm³/mol. The predicted octanol–water partition coefficient (Wildman–Crippen LogP) is 0.940. The van der Waals surface area contributed by atoms with Crippen LogP contribution in [-0.4, -0.2) is 36.1 Å². The smallest absolute Gasteiger partial charge is 0.251 e. The van der Waals surface area contributed by atoms with Crippen molar-refractivity contribution in [3.8, 4) is 0 Å². The second-order valence-corrected chi connectivity index (χ2v) is 4.92. The number of carbonyl (C=O) groups is 2. The summed E-state index contributed by atoms with van der Waals surface area (Å²) in [6.45, 7) is 4.19. The van der Waals surface area contributed by atoms with Gasteiger partial charge >= 0.3 is 0 Å². The van der Waals surface area contributed by atoms with E-state index in [0.29, 0.717) is 18.5 Å². The number of amides is 2. The Kier molecular flexibility index (Phi) is 6.73. The number of nitrogens with one attached hydrogen (secondary N) is 2. The summed E-state index contributed by atoms with van der Waals surface area (Å²) in [5.74, 6) is -0.281. The third-order valence-electron chi connectivity index (χ3n) is 3.02. The molecule has 20 heavy (non-hydrogen) atoms. The zero-order chi connectivity index (χ0) is 15.0. The molecule has 0 aliphatic heterocycles. The first kappa shape index (κ1) is 16.2. The van der Waals surface area contributed by atoms with E-state index in [2.05, 4.69) is 10.6 Å². The van der Waals surface area contributed by atoms with Crippen LogP contribution < -0.4 is 10.6 Å². The standard InChI is InChI=1S/C15H22N2O3/c1-11(8-9-18)10-16-14(19)12(2)17-15(20)13-6-4-3-5-7-13/h3-7,11-12,18H,8-10H2,1-2H3,(H,16,19)(H,17,20). The van der Waals surface area contributed by atoms with Crippen molar-refractivity contribution in [3.05, 3.63) is 35.9 Å². The summed E-state index contributed by atoms with van der Waals surface area (Å²) in [6, 6.07) is 8.18. The molecule has 0 spiro atoms. The van der Waals surface area contributed by atoms with Gasteiger partial charge in [-0.1, -0.05) is 25.1 Å². The van der Waals surface area contributed by atoms with E-state index in [9.17, 15) is 9.59 Å². The lowest BCUT2D eigenvalue weighted by molar-refractivity contribution is -0.122. The molecular weight excluding hydrogens is 256 g/mol. The third kappa shape index (κ3) is 5.40. The lowest BCUT2D eigenvalue weighted by Gasteiger charge is -2.16. The van der Waals surface area contributed by atoms with Gasteiger partial charge < -0.3 is 15.7 Å². The maximum Gasteiger partial charge on any atom is 0.251 e. The van der Waals surface area contributed by atoms with E-state index in [1.54, 1.807) is 31.2 Å². The summed E-state index contributed by atoms with van der Waals surface area (Å²) in [5, 5.41) is 14.2. The van der Waals surface area contributed by atoms with Gasteiger partial charge in [-0.2, -0.15) is 0 Å². The molecule has 0 aliphatic rings. The summed E-state index contributed by atoms with van der Waals surface area (Å²) in [4.78, 5) is 23.7. The van der Waals surface area contributed by atoms with Crippen LogP contribution in [0.3, 0.4) is 0 Å². The van der Waals surface area contributed by atoms with Crippen LogP contribution >= 0.6 is 0 Å². The fraction of sp³-hybridized carbons (Fsp3) is 0.467. The number of rotatable bonds is 7. The van der Waals surface area contributed by atoms with E-state index in [0.717, 1.165) is 0 Å². The van der Waals surface area contributed by atoms with Crippen LogP contribution in [0.5, 0.6) is 0 Å². The molecular formula is C15H22N2O3. The molecule has 0 fully saturated rings. The molecule has 5 heteroatoms. The van der Waals surface area contributed by atoms with Crippen LogP contribution in [0.15, 0.2) is 30.3 Å². The van der Waals surface area contributed by atoms with Crippen molar-refractivity contribution >= 4 is 11.8 Å². The second-order valence-electron chi connectivity index (χ2n) is 4.92. The van der Waals surface area contributed by atoms with Gasteiger partial charge in [0, 0.05) is 18.7 Å². The van der Waals surface area contributed by atoms with Gasteiger partial charge in [0.25, 0.3) is 5.91 Å². The van der Waals surface area contributed by atoms with Crippen LogP contribution in [0.4, 0.5) is 0 Å². The van der Waals surface area contributed by atoms with Gasteiger partial charge in [-0.25, -0.2) is 0 Å². The Labute approximate surface area is 119 Å². The molecule has 2 atom stereocenters. The van der Waals surface area contributed by atoms with Gasteiger partial charge in [-0.05, 0) is 31.4 Å². The lowest BCUT2D eigenvalue weighted by atomic mass is 10.1. The topological polar surface area (TPSA) is 78.4 Å². The van der Waals surface area contributed by atoms with Crippen molar-refractivity contribution in [1.29, 1.82) is 0 Å². The number of carbonyl (C=O) groups excluding carboxylic acids is 2. The number of aliphatic hydroxyl groups excluding tert-OH is 1. The van der Waals surface area contributed by atoms with Crippen molar-refractivity contribution in [2.75, 3.05) is 13.2 Å². The van der Waals surface area contributed by atoms with E-state index in [1.807, 2.05) is 13.0 Å². The zero-order valence-corrected chi connectivity index (χ0v) is 11.9. The van der Waals surface area contributed by atoms with Crippen molar-refractivity contribution < 1.29 is 14.7 Å². The van der Waals surface area contributed by atoms with E-state index in [4.69, 9.17) is 5.11 Å². The molecule has 0 saturated heterocycles. The average molecular weight is 278 g/mol. The molecule has 0 saturated carbocycles. The number of hydrogen-bond acceptors (Lipinski definition) is 3. The first-order chi connectivity index (χ1) is 9.54. The largest absolute Gasteiger partial charge is 0.396 e. The minimum absolute atomic E-state index is 0.108. The van der Waals surface area contributed by atoms with Crippen molar-refractivity contribution in [2.45, 2.75) is 26.3 Å². The van der Waals surface area contributed by atoms with Crippen LogP contribution in [0.25, 0.3) is 0 Å². The first-order valence-electron chi connectivity index (χ1n) is 6.79. The summed E-state index contributed by atoms with van der Waals surface area (Å²) in [5.41, 5.74) is 0.529. The Morgan fingerprint density at radius 3 is 2.45 bits per heavy atom. The third-order valence-corrected chi connectivity index (χ3v) is 3.02. The lowest BCUT2D eigenvalue weighted by Crippen LogP contribution is -2.45. The first-order valence-corrected chi connectivity index (χ1v) is 6.79. The molecule has 0 aromatic heterocycles. The molecule has 1 aromatic rings. The Balaban J connectivity index is 2.40. The Morgan fingerprint density at radius 2 is 1.85 bits per heavy atom. The summed E-state index contributed by atoms with van der Waals surface area (Å²) < 4.78 is 0. The molecule has 0 radical (unpaired) electrons. The molecule has 0 bridgehead atoms. The summed E-state index contributed by atoms with van der Waals surface area (Å²) in [6.07, 6.45) is 0.644. The van der Waals surface area contributed by atoms with E-state index >= 15 is 0 Å². The highest BCUT2D eigenvalue weighted by molar-refractivity contribution is 5.97. The number of aliphatic hydroxyl groups is 1. The maximum absolute atomic E-state index is 11.9. The molecule has 3 N–H and O–H groups in total. The van der Waals surface area contributed by atoms with Gasteiger partial charge in [0.15, 0.2) is 0 Å². The SMILES string of the molecule is CC(CCO)CNC(=O)C(C)NC(=O)c1ccccc1. The van der Waals surface area contributed by atoms with Crippen LogP contribution in [0.1, 0.15) is 30.6 Å².